The predicted octanol–water partition coefficient (Wildman–Crippen LogP) is 3.47. The van der Waals surface area contributed by atoms with Crippen molar-refractivity contribution in [2.75, 3.05) is 0 Å². The summed E-state index contributed by atoms with van der Waals surface area (Å²) >= 11 is 3.16. The van der Waals surface area contributed by atoms with Crippen LogP contribution in [0.25, 0.3) is 0 Å². The van der Waals surface area contributed by atoms with Crippen molar-refractivity contribution in [1.29, 1.82) is 0 Å². The minimum atomic E-state index is -1.11. The average Bonchev–Trinajstić information content (AvgIpc) is 2.33. The van der Waals surface area contributed by atoms with E-state index >= 15 is 0 Å². The third kappa shape index (κ3) is 2.84. The minimum Gasteiger partial charge on any atom is -0.477 e. The summed E-state index contributed by atoms with van der Waals surface area (Å²) in [4.78, 5) is 14.3. The number of ether oxygens (including phenoxy) is 1. The number of aromatic nitrogens is 1. The molecule has 0 radical (unpaired) electrons. The van der Waals surface area contributed by atoms with Gasteiger partial charge in [-0.15, -0.1) is 0 Å². The van der Waals surface area contributed by atoms with E-state index in [9.17, 15) is 9.18 Å². The second-order valence-electron chi connectivity index (χ2n) is 3.36. The summed E-state index contributed by atoms with van der Waals surface area (Å²) in [5, 5.41) is 8.69. The Kier molecular flexibility index (Phi) is 3.57. The molecule has 0 aliphatic carbocycles. The molecule has 2 aromatic rings. The number of halogens is 2. The van der Waals surface area contributed by atoms with Gasteiger partial charge in [-0.1, -0.05) is 0 Å². The number of nitrogens with zero attached hydrogens (tertiary/aromatic N) is 1. The molecule has 0 spiro atoms. The van der Waals surface area contributed by atoms with Gasteiger partial charge in [0.15, 0.2) is 0 Å². The lowest BCUT2D eigenvalue weighted by Gasteiger charge is -2.07. The van der Waals surface area contributed by atoms with Crippen LogP contribution < -0.4 is 4.74 Å². The fraction of sp³-hybridized carbons (Fsp3) is 0. The van der Waals surface area contributed by atoms with Gasteiger partial charge in [0, 0.05) is 0 Å². The van der Waals surface area contributed by atoms with Crippen LogP contribution in [0.3, 0.4) is 0 Å². The first-order chi connectivity index (χ1) is 8.56. The largest absolute Gasteiger partial charge is 0.477 e. The molecule has 18 heavy (non-hydrogen) atoms. The van der Waals surface area contributed by atoms with Gasteiger partial charge in [0.25, 0.3) is 0 Å². The normalized spacial score (nSPS) is 10.1. The highest BCUT2D eigenvalue weighted by molar-refractivity contribution is 9.10. The molecule has 92 valence electrons. The molecular formula is C12H7BrFNO3. The average molecular weight is 312 g/mol. The van der Waals surface area contributed by atoms with E-state index in [2.05, 4.69) is 20.9 Å². The van der Waals surface area contributed by atoms with Crippen molar-refractivity contribution in [2.24, 2.45) is 0 Å². The Balaban J connectivity index is 2.21. The Labute approximate surface area is 110 Å². The predicted molar refractivity (Wildman–Crippen MR) is 65.4 cm³/mol. The fourth-order valence-electron chi connectivity index (χ4n) is 1.25. The standard InChI is InChI=1S/C12H7BrFNO3/c13-9-5-7(14)1-4-11(9)18-8-2-3-10(12(16)17)15-6-8/h1-6H,(H,16,17). The quantitative estimate of drug-likeness (QED) is 0.943. The lowest BCUT2D eigenvalue weighted by molar-refractivity contribution is 0.0690. The Morgan fingerprint density at radius 3 is 2.67 bits per heavy atom. The second kappa shape index (κ2) is 5.14. The van der Waals surface area contributed by atoms with Crippen molar-refractivity contribution in [3.05, 3.63) is 52.5 Å². The molecule has 0 atom stereocenters. The van der Waals surface area contributed by atoms with E-state index in [1.165, 1.54) is 36.5 Å². The van der Waals surface area contributed by atoms with E-state index in [0.29, 0.717) is 16.0 Å². The summed E-state index contributed by atoms with van der Waals surface area (Å²) in [7, 11) is 0. The summed E-state index contributed by atoms with van der Waals surface area (Å²) in [5.74, 6) is -0.702. The van der Waals surface area contributed by atoms with Crippen molar-refractivity contribution < 1.29 is 19.0 Å². The molecule has 0 unspecified atom stereocenters. The third-order valence-electron chi connectivity index (χ3n) is 2.08. The third-order valence-corrected chi connectivity index (χ3v) is 2.70. The topological polar surface area (TPSA) is 59.4 Å². The van der Waals surface area contributed by atoms with E-state index in [4.69, 9.17) is 9.84 Å². The Bertz CT molecular complexity index is 586. The van der Waals surface area contributed by atoms with E-state index in [1.807, 2.05) is 0 Å². The van der Waals surface area contributed by atoms with Crippen LogP contribution in [0.2, 0.25) is 0 Å². The summed E-state index contributed by atoms with van der Waals surface area (Å²) in [5.41, 5.74) is -0.0690. The van der Waals surface area contributed by atoms with Crippen LogP contribution in [0.1, 0.15) is 10.5 Å². The minimum absolute atomic E-state index is 0.0690. The molecule has 1 aromatic heterocycles. The van der Waals surface area contributed by atoms with E-state index in [1.54, 1.807) is 0 Å². The lowest BCUT2D eigenvalue weighted by atomic mass is 10.3. The Morgan fingerprint density at radius 2 is 2.11 bits per heavy atom. The first-order valence-corrected chi connectivity index (χ1v) is 5.68. The smallest absolute Gasteiger partial charge is 0.354 e. The highest BCUT2D eigenvalue weighted by Crippen LogP contribution is 2.29. The Hall–Kier alpha value is -1.95. The number of benzene rings is 1. The van der Waals surface area contributed by atoms with Crippen molar-refractivity contribution in [2.45, 2.75) is 0 Å². The van der Waals surface area contributed by atoms with Gasteiger partial charge >= 0.3 is 5.97 Å². The van der Waals surface area contributed by atoms with Gasteiger partial charge in [0.05, 0.1) is 10.7 Å². The van der Waals surface area contributed by atoms with Crippen molar-refractivity contribution in [3.63, 3.8) is 0 Å². The van der Waals surface area contributed by atoms with E-state index < -0.39 is 5.97 Å². The van der Waals surface area contributed by atoms with Crippen LogP contribution in [-0.4, -0.2) is 16.1 Å². The highest BCUT2D eigenvalue weighted by Gasteiger charge is 2.07. The zero-order valence-corrected chi connectivity index (χ0v) is 10.5. The van der Waals surface area contributed by atoms with Gasteiger partial charge in [-0.25, -0.2) is 14.2 Å². The number of aromatic carboxylic acids is 1. The molecule has 1 heterocycles. The first-order valence-electron chi connectivity index (χ1n) is 4.88. The number of hydrogen-bond acceptors (Lipinski definition) is 3. The number of hydrogen-bond donors (Lipinski definition) is 1. The van der Waals surface area contributed by atoms with Crippen molar-refractivity contribution >= 4 is 21.9 Å². The maximum Gasteiger partial charge on any atom is 0.354 e. The molecule has 0 saturated heterocycles. The van der Waals surface area contributed by atoms with Crippen LogP contribution in [0.5, 0.6) is 11.5 Å². The Morgan fingerprint density at radius 1 is 1.33 bits per heavy atom. The maximum absolute atomic E-state index is 12.9. The molecule has 0 saturated carbocycles. The van der Waals surface area contributed by atoms with Gasteiger partial charge in [0.2, 0.25) is 0 Å². The monoisotopic (exact) mass is 311 g/mol. The summed E-state index contributed by atoms with van der Waals surface area (Å²) in [6.45, 7) is 0. The fourth-order valence-corrected chi connectivity index (χ4v) is 1.68. The van der Waals surface area contributed by atoms with Crippen LogP contribution in [0.15, 0.2) is 41.0 Å². The molecule has 4 nitrogen and oxygen atoms in total. The molecule has 1 N–H and O–H groups in total. The molecule has 2 rings (SSSR count). The summed E-state index contributed by atoms with van der Waals surface area (Å²) in [6.07, 6.45) is 1.29. The molecule has 0 fully saturated rings. The van der Waals surface area contributed by atoms with Gasteiger partial charge in [-0.2, -0.15) is 0 Å². The van der Waals surface area contributed by atoms with Gasteiger partial charge in [0.1, 0.15) is 23.0 Å². The van der Waals surface area contributed by atoms with E-state index in [-0.39, 0.29) is 11.5 Å². The van der Waals surface area contributed by atoms with Crippen molar-refractivity contribution in [1.82, 2.24) is 4.98 Å². The van der Waals surface area contributed by atoms with E-state index in [0.717, 1.165) is 0 Å². The molecular weight excluding hydrogens is 305 g/mol. The van der Waals surface area contributed by atoms with Gasteiger partial charge in [-0.05, 0) is 46.3 Å². The molecule has 0 aliphatic heterocycles. The summed E-state index contributed by atoms with van der Waals surface area (Å²) < 4.78 is 18.8. The molecule has 6 heteroatoms. The van der Waals surface area contributed by atoms with Crippen molar-refractivity contribution in [3.8, 4) is 11.5 Å². The first kappa shape index (κ1) is 12.5. The van der Waals surface area contributed by atoms with Crippen LogP contribution in [-0.2, 0) is 0 Å². The number of rotatable bonds is 3. The zero-order chi connectivity index (χ0) is 13.1. The number of carboxylic acid groups (broad SMARTS) is 1. The molecule has 0 bridgehead atoms. The number of carboxylic acids is 1. The molecule has 0 aliphatic rings. The molecule has 0 amide bonds. The second-order valence-corrected chi connectivity index (χ2v) is 4.22. The molecule has 1 aromatic carbocycles. The number of carbonyl (C=O) groups is 1. The maximum atomic E-state index is 12.9. The van der Waals surface area contributed by atoms with Gasteiger partial charge in [-0.3, -0.25) is 0 Å². The SMILES string of the molecule is O=C(O)c1ccc(Oc2ccc(F)cc2Br)cn1. The van der Waals surface area contributed by atoms with Crippen LogP contribution in [0.4, 0.5) is 4.39 Å². The lowest BCUT2D eigenvalue weighted by Crippen LogP contribution is -1.99. The van der Waals surface area contributed by atoms with Crippen LogP contribution >= 0.6 is 15.9 Å². The highest BCUT2D eigenvalue weighted by atomic mass is 79.9. The zero-order valence-electron chi connectivity index (χ0n) is 8.93. The number of pyridine rings is 1. The van der Waals surface area contributed by atoms with Crippen LogP contribution in [0, 0.1) is 5.82 Å². The van der Waals surface area contributed by atoms with Gasteiger partial charge < -0.3 is 9.84 Å². The summed E-state index contributed by atoms with van der Waals surface area (Å²) in [6, 6.07) is 6.80.